The second kappa shape index (κ2) is 6.37. The van der Waals surface area contributed by atoms with Gasteiger partial charge in [0.05, 0.1) is 11.2 Å². The third-order valence-corrected chi connectivity index (χ3v) is 4.38. The van der Waals surface area contributed by atoms with Crippen LogP contribution >= 0.6 is 12.4 Å². The van der Waals surface area contributed by atoms with E-state index in [1.807, 2.05) is 37.3 Å². The van der Waals surface area contributed by atoms with Crippen molar-refractivity contribution < 1.29 is 8.94 Å². The number of rotatable bonds is 3. The predicted molar refractivity (Wildman–Crippen MR) is 91.5 cm³/mol. The minimum atomic E-state index is -0.474. The van der Waals surface area contributed by atoms with E-state index in [0.717, 1.165) is 36.9 Å². The van der Waals surface area contributed by atoms with E-state index in [2.05, 4.69) is 15.1 Å². The minimum absolute atomic E-state index is 0. The number of hydrogen-bond donors (Lipinski definition) is 1. The molecular weight excluding hydrogens is 328 g/mol. The molecule has 2 N–H and O–H groups in total. The summed E-state index contributed by atoms with van der Waals surface area (Å²) >= 11 is 0. The Morgan fingerprint density at radius 1 is 1.04 bits per heavy atom. The van der Waals surface area contributed by atoms with Crippen LogP contribution in [0.2, 0.25) is 0 Å². The molecule has 0 bridgehead atoms. The average molecular weight is 347 g/mol. The molecule has 4 rings (SSSR count). The molecule has 126 valence electrons. The van der Waals surface area contributed by atoms with Crippen molar-refractivity contribution >= 4 is 12.4 Å². The van der Waals surface area contributed by atoms with Crippen LogP contribution < -0.4 is 5.73 Å². The molecule has 0 aliphatic heterocycles. The maximum atomic E-state index is 6.37. The van der Waals surface area contributed by atoms with Crippen LogP contribution in [0.5, 0.6) is 0 Å². The lowest BCUT2D eigenvalue weighted by atomic mass is 9.99. The summed E-state index contributed by atoms with van der Waals surface area (Å²) in [4.78, 5) is 8.92. The molecule has 0 spiro atoms. The third kappa shape index (κ3) is 2.83. The van der Waals surface area contributed by atoms with Gasteiger partial charge in [-0.2, -0.15) is 4.98 Å². The van der Waals surface area contributed by atoms with Crippen molar-refractivity contribution in [3.63, 3.8) is 0 Å². The van der Waals surface area contributed by atoms with Gasteiger partial charge < -0.3 is 14.7 Å². The summed E-state index contributed by atoms with van der Waals surface area (Å²) in [5.41, 5.74) is 7.53. The summed E-state index contributed by atoms with van der Waals surface area (Å²) < 4.78 is 11.2. The van der Waals surface area contributed by atoms with Crippen molar-refractivity contribution in [2.24, 2.45) is 5.73 Å². The summed E-state index contributed by atoms with van der Waals surface area (Å²) in [6.45, 7) is 1.86. The van der Waals surface area contributed by atoms with Crippen LogP contribution in [-0.4, -0.2) is 15.1 Å². The standard InChI is InChI=1S/C17H18N4O2.ClH/c1-11-13(22-14(19-11)12-7-3-2-4-8-12)15-20-16(21-23-15)17(18)9-5-6-10-17;/h2-4,7-8H,5-6,9-10,18H2,1H3;1H. The molecule has 1 saturated carbocycles. The monoisotopic (exact) mass is 346 g/mol. The average Bonchev–Trinajstić information content (AvgIpc) is 3.28. The zero-order chi connectivity index (χ0) is 15.9. The van der Waals surface area contributed by atoms with Gasteiger partial charge in [0.1, 0.15) is 0 Å². The van der Waals surface area contributed by atoms with Crippen molar-refractivity contribution in [3.8, 4) is 23.1 Å². The molecule has 1 fully saturated rings. The first kappa shape index (κ1) is 16.7. The molecule has 0 radical (unpaired) electrons. The number of hydrogen-bond acceptors (Lipinski definition) is 6. The summed E-state index contributed by atoms with van der Waals surface area (Å²) in [6, 6.07) is 9.73. The van der Waals surface area contributed by atoms with Crippen molar-refractivity contribution in [2.75, 3.05) is 0 Å². The lowest BCUT2D eigenvalue weighted by Crippen LogP contribution is -2.34. The molecule has 1 aliphatic rings. The molecule has 1 aromatic carbocycles. The summed E-state index contributed by atoms with van der Waals surface area (Å²) in [7, 11) is 0. The Morgan fingerprint density at radius 2 is 1.75 bits per heavy atom. The van der Waals surface area contributed by atoms with Gasteiger partial charge in [-0.1, -0.05) is 36.2 Å². The van der Waals surface area contributed by atoms with Gasteiger partial charge in [-0.25, -0.2) is 4.98 Å². The molecule has 2 aromatic heterocycles. The molecule has 6 nitrogen and oxygen atoms in total. The summed E-state index contributed by atoms with van der Waals surface area (Å²) in [5, 5.41) is 4.07. The SMILES string of the molecule is Cc1nc(-c2ccccc2)oc1-c1nc(C2(N)CCCC2)no1.Cl. The molecular formula is C17H19ClN4O2. The lowest BCUT2D eigenvalue weighted by molar-refractivity contribution is 0.368. The second-order valence-electron chi connectivity index (χ2n) is 6.09. The van der Waals surface area contributed by atoms with Gasteiger partial charge in [0.15, 0.2) is 5.82 Å². The number of benzene rings is 1. The maximum Gasteiger partial charge on any atom is 0.295 e. The first-order chi connectivity index (χ1) is 11.2. The maximum absolute atomic E-state index is 6.37. The fourth-order valence-electron chi connectivity index (χ4n) is 3.05. The van der Waals surface area contributed by atoms with E-state index in [0.29, 0.717) is 23.4 Å². The Bertz CT molecular complexity index is 822. The smallest absolute Gasteiger partial charge is 0.295 e. The Morgan fingerprint density at radius 3 is 2.46 bits per heavy atom. The molecule has 0 atom stereocenters. The highest BCUT2D eigenvalue weighted by atomic mass is 35.5. The number of aromatic nitrogens is 3. The fourth-order valence-corrected chi connectivity index (χ4v) is 3.05. The van der Waals surface area contributed by atoms with Crippen molar-refractivity contribution in [3.05, 3.63) is 41.9 Å². The van der Waals surface area contributed by atoms with E-state index < -0.39 is 5.54 Å². The first-order valence-corrected chi connectivity index (χ1v) is 7.82. The van der Waals surface area contributed by atoms with Gasteiger partial charge in [0.25, 0.3) is 5.89 Å². The highest BCUT2D eigenvalue weighted by Gasteiger charge is 2.36. The molecule has 3 aromatic rings. The zero-order valence-electron chi connectivity index (χ0n) is 13.4. The zero-order valence-corrected chi connectivity index (χ0v) is 14.2. The van der Waals surface area contributed by atoms with Gasteiger partial charge in [-0.05, 0) is 31.9 Å². The molecule has 24 heavy (non-hydrogen) atoms. The quantitative estimate of drug-likeness (QED) is 0.774. The molecule has 2 heterocycles. The Labute approximate surface area is 145 Å². The van der Waals surface area contributed by atoms with E-state index in [1.54, 1.807) is 0 Å². The Hall–Kier alpha value is -2.18. The van der Waals surface area contributed by atoms with Crippen LogP contribution in [0.3, 0.4) is 0 Å². The van der Waals surface area contributed by atoms with E-state index in [-0.39, 0.29) is 12.4 Å². The summed E-state index contributed by atoms with van der Waals surface area (Å²) in [6.07, 6.45) is 3.97. The topological polar surface area (TPSA) is 91.0 Å². The largest absolute Gasteiger partial charge is 0.431 e. The van der Waals surface area contributed by atoms with Gasteiger partial charge in [-0.15, -0.1) is 12.4 Å². The van der Waals surface area contributed by atoms with Crippen molar-refractivity contribution in [1.29, 1.82) is 0 Å². The molecule has 7 heteroatoms. The van der Waals surface area contributed by atoms with Crippen LogP contribution in [0.4, 0.5) is 0 Å². The van der Waals surface area contributed by atoms with Crippen LogP contribution in [0.15, 0.2) is 39.3 Å². The van der Waals surface area contributed by atoms with Gasteiger partial charge in [0, 0.05) is 5.56 Å². The fraction of sp³-hybridized carbons (Fsp3) is 0.353. The van der Waals surface area contributed by atoms with Gasteiger partial charge >= 0.3 is 0 Å². The minimum Gasteiger partial charge on any atom is -0.431 e. The van der Waals surface area contributed by atoms with E-state index >= 15 is 0 Å². The van der Waals surface area contributed by atoms with Crippen LogP contribution in [0.1, 0.15) is 37.2 Å². The predicted octanol–water partition coefficient (Wildman–Crippen LogP) is 3.85. The van der Waals surface area contributed by atoms with Gasteiger partial charge in [0.2, 0.25) is 11.7 Å². The molecule has 1 aliphatic carbocycles. The van der Waals surface area contributed by atoms with E-state index in [9.17, 15) is 0 Å². The number of halogens is 1. The summed E-state index contributed by atoms with van der Waals surface area (Å²) in [5.74, 6) is 1.94. The Balaban J connectivity index is 0.00000169. The third-order valence-electron chi connectivity index (χ3n) is 4.38. The van der Waals surface area contributed by atoms with E-state index in [1.165, 1.54) is 0 Å². The van der Waals surface area contributed by atoms with Crippen LogP contribution in [0, 0.1) is 6.92 Å². The normalized spacial score (nSPS) is 16.1. The van der Waals surface area contributed by atoms with Crippen molar-refractivity contribution in [2.45, 2.75) is 38.1 Å². The van der Waals surface area contributed by atoms with E-state index in [4.69, 9.17) is 14.7 Å². The molecule has 0 saturated heterocycles. The van der Waals surface area contributed by atoms with Crippen LogP contribution in [0.25, 0.3) is 23.1 Å². The highest BCUT2D eigenvalue weighted by Crippen LogP contribution is 2.36. The van der Waals surface area contributed by atoms with Gasteiger partial charge in [-0.3, -0.25) is 0 Å². The highest BCUT2D eigenvalue weighted by molar-refractivity contribution is 5.85. The second-order valence-corrected chi connectivity index (χ2v) is 6.09. The van der Waals surface area contributed by atoms with Crippen LogP contribution in [-0.2, 0) is 5.54 Å². The number of oxazole rings is 1. The molecule has 0 amide bonds. The number of aryl methyl sites for hydroxylation is 1. The number of nitrogens with zero attached hydrogens (tertiary/aromatic N) is 3. The van der Waals surface area contributed by atoms with Crippen molar-refractivity contribution in [1.82, 2.24) is 15.1 Å². The molecule has 0 unspecified atom stereocenters. The first-order valence-electron chi connectivity index (χ1n) is 7.82. The lowest BCUT2D eigenvalue weighted by Gasteiger charge is -2.17. The number of nitrogens with two attached hydrogens (primary N) is 1. The Kier molecular flexibility index (Phi) is 4.43.